The van der Waals surface area contributed by atoms with Gasteiger partial charge in [-0.3, -0.25) is 9.59 Å². The molecule has 1 aromatic rings. The highest BCUT2D eigenvalue weighted by Crippen LogP contribution is 2.18. The minimum absolute atomic E-state index is 0.0658. The van der Waals surface area contributed by atoms with Crippen LogP contribution >= 0.6 is 11.3 Å². The molecule has 1 aliphatic rings. The van der Waals surface area contributed by atoms with Crippen LogP contribution in [0.2, 0.25) is 0 Å². The fourth-order valence-corrected chi connectivity index (χ4v) is 2.37. The van der Waals surface area contributed by atoms with E-state index >= 15 is 0 Å². The van der Waals surface area contributed by atoms with E-state index in [-0.39, 0.29) is 12.3 Å². The maximum atomic E-state index is 11.5. The van der Waals surface area contributed by atoms with Crippen LogP contribution in [0.4, 0.5) is 0 Å². The minimum atomic E-state index is -0.884. The summed E-state index contributed by atoms with van der Waals surface area (Å²) in [5.74, 6) is -1.49. The Morgan fingerprint density at radius 1 is 1.69 bits per heavy atom. The third-order valence-corrected chi connectivity index (χ3v) is 3.48. The molecule has 2 rings (SSSR count). The number of aromatic nitrogens is 1. The van der Waals surface area contributed by atoms with Gasteiger partial charge < -0.3 is 10.0 Å². The van der Waals surface area contributed by atoms with Gasteiger partial charge >= 0.3 is 5.97 Å². The maximum Gasteiger partial charge on any atom is 0.308 e. The van der Waals surface area contributed by atoms with Crippen LogP contribution in [-0.4, -0.2) is 40.0 Å². The Balaban J connectivity index is 1.87. The molecule has 0 spiro atoms. The predicted molar refractivity (Wildman–Crippen MR) is 58.1 cm³/mol. The predicted octanol–water partition coefficient (Wildman–Crippen LogP) is 0.619. The fraction of sp³-hybridized carbons (Fsp3) is 0.500. The highest BCUT2D eigenvalue weighted by Gasteiger charge is 2.33. The first-order valence-corrected chi connectivity index (χ1v) is 5.93. The SMILES string of the molecule is O=C(O)C1CC(=O)N(CCc2nccs2)C1. The van der Waals surface area contributed by atoms with Gasteiger partial charge in [0, 0.05) is 37.5 Å². The van der Waals surface area contributed by atoms with Crippen molar-refractivity contribution in [2.75, 3.05) is 13.1 Å². The van der Waals surface area contributed by atoms with Gasteiger partial charge in [0.15, 0.2) is 0 Å². The average molecular weight is 240 g/mol. The first-order chi connectivity index (χ1) is 7.66. The summed E-state index contributed by atoms with van der Waals surface area (Å²) in [4.78, 5) is 28.0. The van der Waals surface area contributed by atoms with Crippen LogP contribution in [-0.2, 0) is 16.0 Å². The van der Waals surface area contributed by atoms with Gasteiger partial charge in [0.2, 0.25) is 5.91 Å². The lowest BCUT2D eigenvalue weighted by Crippen LogP contribution is -2.28. The van der Waals surface area contributed by atoms with E-state index in [2.05, 4.69) is 4.98 Å². The molecule has 1 aromatic heterocycles. The molecule has 1 atom stereocenters. The number of carboxylic acids is 1. The molecule has 0 radical (unpaired) electrons. The number of aliphatic carboxylic acids is 1. The Hall–Kier alpha value is -1.43. The lowest BCUT2D eigenvalue weighted by molar-refractivity contribution is -0.141. The Kier molecular flexibility index (Phi) is 3.19. The normalized spacial score (nSPS) is 20.4. The zero-order chi connectivity index (χ0) is 11.5. The van der Waals surface area contributed by atoms with E-state index in [1.807, 2.05) is 5.38 Å². The van der Waals surface area contributed by atoms with E-state index in [9.17, 15) is 9.59 Å². The number of carboxylic acid groups (broad SMARTS) is 1. The molecule has 86 valence electrons. The molecule has 0 aromatic carbocycles. The lowest BCUT2D eigenvalue weighted by Gasteiger charge is -2.14. The molecular formula is C10H12N2O3S. The third-order valence-electron chi connectivity index (χ3n) is 2.64. The summed E-state index contributed by atoms with van der Waals surface area (Å²) in [6, 6.07) is 0. The fourth-order valence-electron chi connectivity index (χ4n) is 1.76. The number of carbonyl (C=O) groups is 2. The zero-order valence-electron chi connectivity index (χ0n) is 8.63. The summed E-state index contributed by atoms with van der Waals surface area (Å²) < 4.78 is 0. The summed E-state index contributed by atoms with van der Waals surface area (Å²) in [7, 11) is 0. The van der Waals surface area contributed by atoms with Crippen molar-refractivity contribution in [2.45, 2.75) is 12.8 Å². The van der Waals surface area contributed by atoms with Gasteiger partial charge in [-0.15, -0.1) is 11.3 Å². The van der Waals surface area contributed by atoms with Crippen molar-refractivity contribution < 1.29 is 14.7 Å². The van der Waals surface area contributed by atoms with Crippen LogP contribution in [0.1, 0.15) is 11.4 Å². The molecule has 2 heterocycles. The molecule has 16 heavy (non-hydrogen) atoms. The van der Waals surface area contributed by atoms with E-state index in [0.29, 0.717) is 19.5 Å². The number of hydrogen-bond acceptors (Lipinski definition) is 4. The standard InChI is InChI=1S/C10H12N2O3S/c13-9-5-7(10(14)15)6-12(9)3-1-8-11-2-4-16-8/h2,4,7H,1,3,5-6H2,(H,14,15). The molecule has 1 fully saturated rings. The van der Waals surface area contributed by atoms with Crippen molar-refractivity contribution in [3.05, 3.63) is 16.6 Å². The molecule has 0 saturated carbocycles. The summed E-state index contributed by atoms with van der Waals surface area (Å²) in [5, 5.41) is 11.7. The highest BCUT2D eigenvalue weighted by atomic mass is 32.1. The molecule has 1 aliphatic heterocycles. The number of likely N-dealkylation sites (tertiary alicyclic amines) is 1. The molecular weight excluding hydrogens is 228 g/mol. The molecule has 5 nitrogen and oxygen atoms in total. The van der Waals surface area contributed by atoms with Gasteiger partial charge in [0.05, 0.1) is 10.9 Å². The van der Waals surface area contributed by atoms with Crippen LogP contribution in [0, 0.1) is 5.92 Å². The Bertz CT molecular complexity index is 391. The van der Waals surface area contributed by atoms with Crippen molar-refractivity contribution in [2.24, 2.45) is 5.92 Å². The quantitative estimate of drug-likeness (QED) is 0.837. The molecule has 6 heteroatoms. The monoisotopic (exact) mass is 240 g/mol. The maximum absolute atomic E-state index is 11.5. The van der Waals surface area contributed by atoms with Crippen molar-refractivity contribution in [3.63, 3.8) is 0 Å². The third kappa shape index (κ3) is 2.38. The van der Waals surface area contributed by atoms with Crippen molar-refractivity contribution in [1.29, 1.82) is 0 Å². The Morgan fingerprint density at radius 2 is 2.50 bits per heavy atom. The Labute approximate surface area is 96.7 Å². The molecule has 0 aliphatic carbocycles. The van der Waals surface area contributed by atoms with Crippen molar-refractivity contribution >= 4 is 23.2 Å². The second kappa shape index (κ2) is 4.61. The van der Waals surface area contributed by atoms with E-state index in [4.69, 9.17) is 5.11 Å². The lowest BCUT2D eigenvalue weighted by atomic mass is 10.1. The van der Waals surface area contributed by atoms with Gasteiger partial charge in [0.1, 0.15) is 0 Å². The van der Waals surface area contributed by atoms with Crippen LogP contribution in [0.15, 0.2) is 11.6 Å². The number of thiazole rings is 1. The van der Waals surface area contributed by atoms with Gasteiger partial charge in [-0.1, -0.05) is 0 Å². The number of amides is 1. The molecule has 1 N–H and O–H groups in total. The largest absolute Gasteiger partial charge is 0.481 e. The van der Waals surface area contributed by atoms with Gasteiger partial charge in [0.25, 0.3) is 0 Å². The second-order valence-corrected chi connectivity index (χ2v) is 4.73. The van der Waals surface area contributed by atoms with Crippen molar-refractivity contribution in [3.8, 4) is 0 Å². The second-order valence-electron chi connectivity index (χ2n) is 3.75. The van der Waals surface area contributed by atoms with E-state index in [1.54, 1.807) is 22.4 Å². The van der Waals surface area contributed by atoms with E-state index in [0.717, 1.165) is 5.01 Å². The van der Waals surface area contributed by atoms with Gasteiger partial charge in [-0.2, -0.15) is 0 Å². The van der Waals surface area contributed by atoms with Gasteiger partial charge in [-0.25, -0.2) is 4.98 Å². The summed E-state index contributed by atoms with van der Waals surface area (Å²) in [6.07, 6.45) is 2.56. The summed E-state index contributed by atoms with van der Waals surface area (Å²) in [6.45, 7) is 0.898. The molecule has 1 amide bonds. The van der Waals surface area contributed by atoms with Crippen LogP contribution in [0.25, 0.3) is 0 Å². The Morgan fingerprint density at radius 3 is 3.06 bits per heavy atom. The number of carbonyl (C=O) groups excluding carboxylic acids is 1. The molecule has 1 unspecified atom stereocenters. The van der Waals surface area contributed by atoms with Crippen LogP contribution < -0.4 is 0 Å². The van der Waals surface area contributed by atoms with Crippen molar-refractivity contribution in [1.82, 2.24) is 9.88 Å². The average Bonchev–Trinajstić information content (AvgIpc) is 2.84. The highest BCUT2D eigenvalue weighted by molar-refractivity contribution is 7.09. The van der Waals surface area contributed by atoms with Gasteiger partial charge in [-0.05, 0) is 0 Å². The minimum Gasteiger partial charge on any atom is -0.481 e. The van der Waals surface area contributed by atoms with E-state index in [1.165, 1.54) is 0 Å². The topological polar surface area (TPSA) is 70.5 Å². The smallest absolute Gasteiger partial charge is 0.308 e. The summed E-state index contributed by atoms with van der Waals surface area (Å²) in [5.41, 5.74) is 0. The van der Waals surface area contributed by atoms with E-state index < -0.39 is 11.9 Å². The summed E-state index contributed by atoms with van der Waals surface area (Å²) >= 11 is 1.55. The first-order valence-electron chi connectivity index (χ1n) is 5.06. The number of nitrogens with zero attached hydrogens (tertiary/aromatic N) is 2. The van der Waals surface area contributed by atoms with Crippen LogP contribution in [0.3, 0.4) is 0 Å². The molecule has 1 saturated heterocycles. The molecule has 0 bridgehead atoms. The zero-order valence-corrected chi connectivity index (χ0v) is 9.44. The number of rotatable bonds is 4. The first kappa shape index (κ1) is 11.1. The van der Waals surface area contributed by atoms with Crippen LogP contribution in [0.5, 0.6) is 0 Å². The number of hydrogen-bond donors (Lipinski definition) is 1.